The highest BCUT2D eigenvalue weighted by atomic mass is 16.5. The molecule has 0 atom stereocenters. The van der Waals surface area contributed by atoms with Gasteiger partial charge in [-0.3, -0.25) is 9.59 Å². The van der Waals surface area contributed by atoms with Crippen LogP contribution in [0.1, 0.15) is 32.1 Å². The van der Waals surface area contributed by atoms with Crippen LogP contribution < -0.4 is 15.5 Å². The van der Waals surface area contributed by atoms with Crippen LogP contribution in [0.3, 0.4) is 0 Å². The lowest BCUT2D eigenvalue weighted by Gasteiger charge is -2.16. The van der Waals surface area contributed by atoms with E-state index in [1.165, 1.54) is 19.3 Å². The molecule has 0 saturated heterocycles. The van der Waals surface area contributed by atoms with E-state index < -0.39 is 11.8 Å². The Balaban J connectivity index is 1.78. The van der Waals surface area contributed by atoms with E-state index in [9.17, 15) is 9.59 Å². The maximum absolute atomic E-state index is 11.7. The number of hydrogen-bond acceptors (Lipinski definition) is 4. The van der Waals surface area contributed by atoms with Gasteiger partial charge < -0.3 is 10.1 Å². The average Bonchev–Trinajstić information content (AvgIpc) is 2.56. The van der Waals surface area contributed by atoms with E-state index in [1.807, 2.05) is 0 Å². The fourth-order valence-electron chi connectivity index (χ4n) is 2.40. The second-order valence-corrected chi connectivity index (χ2v) is 5.30. The monoisotopic (exact) mass is 303 g/mol. The number of methoxy groups -OCH3 is 1. The Morgan fingerprint density at radius 1 is 1.14 bits per heavy atom. The van der Waals surface area contributed by atoms with Crippen molar-refractivity contribution < 1.29 is 14.3 Å². The molecule has 0 radical (unpaired) electrons. The van der Waals surface area contributed by atoms with Crippen LogP contribution in [0.4, 0.5) is 5.69 Å². The molecule has 118 valence electrons. The summed E-state index contributed by atoms with van der Waals surface area (Å²) < 4.78 is 5.02. The van der Waals surface area contributed by atoms with Gasteiger partial charge in [0.25, 0.3) is 0 Å². The number of amides is 2. The highest BCUT2D eigenvalue weighted by molar-refractivity contribution is 6.39. The van der Waals surface area contributed by atoms with Gasteiger partial charge in [0, 0.05) is 11.9 Å². The summed E-state index contributed by atoms with van der Waals surface area (Å²) in [5.41, 5.74) is 2.79. The first-order chi connectivity index (χ1) is 10.7. The summed E-state index contributed by atoms with van der Waals surface area (Å²) in [5, 5.41) is 6.38. The van der Waals surface area contributed by atoms with Crippen LogP contribution in [0.15, 0.2) is 29.4 Å². The summed E-state index contributed by atoms with van der Waals surface area (Å²) in [6.45, 7) is 0. The second kappa shape index (κ2) is 8.17. The summed E-state index contributed by atoms with van der Waals surface area (Å²) in [7, 11) is 1.56. The van der Waals surface area contributed by atoms with Crippen LogP contribution >= 0.6 is 0 Å². The zero-order valence-electron chi connectivity index (χ0n) is 12.7. The number of anilines is 1. The van der Waals surface area contributed by atoms with Gasteiger partial charge in [0.15, 0.2) is 0 Å². The van der Waals surface area contributed by atoms with E-state index in [-0.39, 0.29) is 0 Å². The first kappa shape index (κ1) is 16.0. The fraction of sp³-hybridized carbons (Fsp3) is 0.438. The van der Waals surface area contributed by atoms with Crippen LogP contribution in [-0.4, -0.2) is 25.1 Å². The molecular formula is C16H21N3O3. The van der Waals surface area contributed by atoms with E-state index in [4.69, 9.17) is 4.74 Å². The van der Waals surface area contributed by atoms with Crippen LogP contribution in [-0.2, 0) is 9.59 Å². The molecule has 1 fully saturated rings. The number of hydrazone groups is 1. The van der Waals surface area contributed by atoms with Crippen LogP contribution in [0, 0.1) is 5.92 Å². The van der Waals surface area contributed by atoms with Crippen molar-refractivity contribution in [3.63, 3.8) is 0 Å². The number of ether oxygens (including phenoxy) is 1. The molecular weight excluding hydrogens is 282 g/mol. The van der Waals surface area contributed by atoms with Crippen molar-refractivity contribution in [3.05, 3.63) is 24.3 Å². The van der Waals surface area contributed by atoms with Gasteiger partial charge in [-0.1, -0.05) is 19.3 Å². The second-order valence-electron chi connectivity index (χ2n) is 5.30. The predicted octanol–water partition coefficient (Wildman–Crippen LogP) is 2.32. The van der Waals surface area contributed by atoms with Gasteiger partial charge in [0.2, 0.25) is 0 Å². The van der Waals surface area contributed by atoms with Crippen molar-refractivity contribution in [1.82, 2.24) is 5.43 Å². The van der Waals surface area contributed by atoms with Crippen LogP contribution in [0.25, 0.3) is 0 Å². The molecule has 1 aliphatic rings. The molecule has 0 aliphatic heterocycles. The van der Waals surface area contributed by atoms with Gasteiger partial charge in [0.05, 0.1) is 7.11 Å². The van der Waals surface area contributed by atoms with Gasteiger partial charge in [-0.05, 0) is 43.0 Å². The Bertz CT molecular complexity index is 534. The predicted molar refractivity (Wildman–Crippen MR) is 84.8 cm³/mol. The minimum atomic E-state index is -0.775. The topological polar surface area (TPSA) is 79.8 Å². The molecule has 0 heterocycles. The molecule has 1 aromatic carbocycles. The molecule has 1 saturated carbocycles. The highest BCUT2D eigenvalue weighted by Gasteiger charge is 2.14. The number of benzene rings is 1. The van der Waals surface area contributed by atoms with E-state index in [2.05, 4.69) is 15.8 Å². The summed E-state index contributed by atoms with van der Waals surface area (Å²) in [6, 6.07) is 6.73. The minimum absolute atomic E-state index is 0.402. The molecule has 1 aliphatic carbocycles. The van der Waals surface area contributed by atoms with E-state index in [0.717, 1.165) is 12.8 Å². The third kappa shape index (κ3) is 4.87. The maximum atomic E-state index is 11.7. The Labute approximate surface area is 129 Å². The number of carbonyl (C=O) groups is 2. The Morgan fingerprint density at radius 2 is 1.82 bits per heavy atom. The lowest BCUT2D eigenvalue weighted by molar-refractivity contribution is -0.136. The summed E-state index contributed by atoms with van der Waals surface area (Å²) in [5.74, 6) is -0.438. The van der Waals surface area contributed by atoms with Crippen molar-refractivity contribution in [2.75, 3.05) is 12.4 Å². The molecule has 0 unspecified atom stereocenters. The molecule has 6 nitrogen and oxygen atoms in total. The molecule has 0 spiro atoms. The molecule has 6 heteroatoms. The zero-order valence-corrected chi connectivity index (χ0v) is 12.7. The zero-order chi connectivity index (χ0) is 15.8. The lowest BCUT2D eigenvalue weighted by Crippen LogP contribution is -2.32. The third-order valence-electron chi connectivity index (χ3n) is 3.66. The highest BCUT2D eigenvalue weighted by Crippen LogP contribution is 2.21. The molecule has 1 aromatic rings. The SMILES string of the molecule is COc1ccc(NC(=O)C(=O)N/N=C/C2CCCCC2)cc1. The smallest absolute Gasteiger partial charge is 0.329 e. The normalized spacial score (nSPS) is 15.5. The first-order valence-corrected chi connectivity index (χ1v) is 7.47. The van der Waals surface area contributed by atoms with Crippen molar-refractivity contribution in [2.45, 2.75) is 32.1 Å². The van der Waals surface area contributed by atoms with E-state index in [1.54, 1.807) is 37.6 Å². The molecule has 2 amide bonds. The van der Waals surface area contributed by atoms with Gasteiger partial charge >= 0.3 is 11.8 Å². The standard InChI is InChI=1S/C16H21N3O3/c1-22-14-9-7-13(8-10-14)18-15(20)16(21)19-17-11-12-5-3-2-4-6-12/h7-12H,2-6H2,1H3,(H,18,20)(H,19,21)/b17-11+. The minimum Gasteiger partial charge on any atom is -0.497 e. The maximum Gasteiger partial charge on any atom is 0.329 e. The Kier molecular flexibility index (Phi) is 5.94. The number of rotatable bonds is 4. The molecule has 2 rings (SSSR count). The van der Waals surface area contributed by atoms with Gasteiger partial charge in [-0.15, -0.1) is 0 Å². The Hall–Kier alpha value is -2.37. The van der Waals surface area contributed by atoms with Crippen molar-refractivity contribution in [2.24, 2.45) is 11.0 Å². The van der Waals surface area contributed by atoms with Crippen molar-refractivity contribution in [3.8, 4) is 5.75 Å². The van der Waals surface area contributed by atoms with Crippen LogP contribution in [0.2, 0.25) is 0 Å². The first-order valence-electron chi connectivity index (χ1n) is 7.47. The van der Waals surface area contributed by atoms with Gasteiger partial charge in [-0.2, -0.15) is 5.10 Å². The molecule has 22 heavy (non-hydrogen) atoms. The number of nitrogens with zero attached hydrogens (tertiary/aromatic N) is 1. The molecule has 0 bridgehead atoms. The number of hydrogen-bond donors (Lipinski definition) is 2. The van der Waals surface area contributed by atoms with E-state index in [0.29, 0.717) is 17.4 Å². The van der Waals surface area contributed by atoms with Crippen molar-refractivity contribution >= 4 is 23.7 Å². The summed E-state index contributed by atoms with van der Waals surface area (Å²) >= 11 is 0. The van der Waals surface area contributed by atoms with E-state index >= 15 is 0 Å². The third-order valence-corrected chi connectivity index (χ3v) is 3.66. The Morgan fingerprint density at radius 3 is 2.45 bits per heavy atom. The summed E-state index contributed by atoms with van der Waals surface area (Å²) in [4.78, 5) is 23.4. The lowest BCUT2D eigenvalue weighted by atomic mass is 9.90. The molecule has 0 aromatic heterocycles. The average molecular weight is 303 g/mol. The number of nitrogens with one attached hydrogen (secondary N) is 2. The number of carbonyl (C=O) groups excluding carboxylic acids is 2. The largest absolute Gasteiger partial charge is 0.497 e. The van der Waals surface area contributed by atoms with Gasteiger partial charge in [0.1, 0.15) is 5.75 Å². The quantitative estimate of drug-likeness (QED) is 0.509. The molecule has 2 N–H and O–H groups in total. The van der Waals surface area contributed by atoms with Crippen LogP contribution in [0.5, 0.6) is 5.75 Å². The summed E-state index contributed by atoms with van der Waals surface area (Å²) in [6.07, 6.45) is 7.58. The van der Waals surface area contributed by atoms with Gasteiger partial charge in [-0.25, -0.2) is 5.43 Å². The van der Waals surface area contributed by atoms with Crippen molar-refractivity contribution in [1.29, 1.82) is 0 Å². The fourth-order valence-corrected chi connectivity index (χ4v) is 2.40.